The van der Waals surface area contributed by atoms with Gasteiger partial charge >= 0.3 is 0 Å². The number of likely N-dealkylation sites (N-methyl/N-ethyl adjacent to an activating group) is 1. The molecule has 0 saturated heterocycles. The zero-order chi connectivity index (χ0) is 20.4. The van der Waals surface area contributed by atoms with E-state index in [9.17, 15) is 4.79 Å². The van der Waals surface area contributed by atoms with Crippen molar-refractivity contribution in [3.63, 3.8) is 0 Å². The van der Waals surface area contributed by atoms with Crippen LogP contribution in [-0.4, -0.2) is 41.2 Å². The van der Waals surface area contributed by atoms with E-state index >= 15 is 0 Å². The van der Waals surface area contributed by atoms with Crippen LogP contribution in [0.1, 0.15) is 22.1 Å². The van der Waals surface area contributed by atoms with Crippen molar-refractivity contribution in [3.05, 3.63) is 78.1 Å². The summed E-state index contributed by atoms with van der Waals surface area (Å²) in [6, 6.07) is 19.6. The minimum atomic E-state index is -0.247. The van der Waals surface area contributed by atoms with E-state index in [2.05, 4.69) is 38.3 Å². The number of fused-ring (bicyclic) bond motifs is 1. The van der Waals surface area contributed by atoms with Crippen molar-refractivity contribution in [2.75, 3.05) is 20.6 Å². The van der Waals surface area contributed by atoms with Gasteiger partial charge in [-0.25, -0.2) is 0 Å². The summed E-state index contributed by atoms with van der Waals surface area (Å²) in [6.07, 6.45) is 2.13. The Morgan fingerprint density at radius 2 is 1.86 bits per heavy atom. The van der Waals surface area contributed by atoms with E-state index < -0.39 is 0 Å². The highest BCUT2D eigenvalue weighted by molar-refractivity contribution is 5.93. The third-order valence-electron chi connectivity index (χ3n) is 5.17. The van der Waals surface area contributed by atoms with Crippen LogP contribution in [0, 0.1) is 0 Å². The molecule has 29 heavy (non-hydrogen) atoms. The van der Waals surface area contributed by atoms with Crippen molar-refractivity contribution >= 4 is 16.8 Å². The van der Waals surface area contributed by atoms with Crippen LogP contribution in [0.3, 0.4) is 0 Å². The largest absolute Gasteiger partial charge is 0.355 e. The Morgan fingerprint density at radius 1 is 1.14 bits per heavy atom. The van der Waals surface area contributed by atoms with Crippen LogP contribution in [-0.2, 0) is 7.05 Å². The summed E-state index contributed by atoms with van der Waals surface area (Å²) in [6.45, 7) is 0.466. The minimum absolute atomic E-state index is 0.0329. The molecule has 0 bridgehead atoms. The molecule has 6 nitrogen and oxygen atoms in total. The van der Waals surface area contributed by atoms with Crippen molar-refractivity contribution in [1.82, 2.24) is 19.9 Å². The van der Waals surface area contributed by atoms with Gasteiger partial charge in [0.2, 0.25) is 0 Å². The van der Waals surface area contributed by atoms with Crippen molar-refractivity contribution in [1.29, 1.82) is 0 Å². The lowest BCUT2D eigenvalue weighted by Gasteiger charge is -2.24. The van der Waals surface area contributed by atoms with Crippen LogP contribution in [0.15, 0.2) is 71.4 Å². The van der Waals surface area contributed by atoms with Crippen LogP contribution in [0.2, 0.25) is 0 Å². The number of hydrogen-bond donors (Lipinski definition) is 1. The van der Waals surface area contributed by atoms with E-state index in [1.807, 2.05) is 63.6 Å². The molecule has 2 aromatic heterocycles. The van der Waals surface area contributed by atoms with Crippen LogP contribution in [0.4, 0.5) is 0 Å². The zero-order valence-electron chi connectivity index (χ0n) is 16.8. The quantitative estimate of drug-likeness (QED) is 0.545. The molecule has 1 N–H and O–H groups in total. The molecule has 0 spiro atoms. The fourth-order valence-electron chi connectivity index (χ4n) is 3.61. The summed E-state index contributed by atoms with van der Waals surface area (Å²) >= 11 is 0. The predicted octanol–water partition coefficient (Wildman–Crippen LogP) is 3.87. The van der Waals surface area contributed by atoms with Crippen LogP contribution < -0.4 is 5.32 Å². The summed E-state index contributed by atoms with van der Waals surface area (Å²) in [4.78, 5) is 14.8. The molecule has 1 unspecified atom stereocenters. The smallest absolute Gasteiger partial charge is 0.273 e. The van der Waals surface area contributed by atoms with E-state index in [-0.39, 0.29) is 17.6 Å². The summed E-state index contributed by atoms with van der Waals surface area (Å²) in [5.74, 6) is 0.331. The number of benzene rings is 2. The van der Waals surface area contributed by atoms with Crippen molar-refractivity contribution in [3.8, 4) is 11.3 Å². The number of amides is 1. The number of rotatable bonds is 6. The van der Waals surface area contributed by atoms with Gasteiger partial charge in [-0.15, -0.1) is 0 Å². The van der Waals surface area contributed by atoms with Gasteiger partial charge < -0.3 is 19.3 Å². The van der Waals surface area contributed by atoms with Gasteiger partial charge in [0.15, 0.2) is 11.5 Å². The molecule has 0 saturated carbocycles. The number of nitrogens with zero attached hydrogens (tertiary/aromatic N) is 3. The van der Waals surface area contributed by atoms with E-state index in [0.717, 1.165) is 5.56 Å². The number of hydrogen-bond acceptors (Lipinski definition) is 4. The second-order valence-electron chi connectivity index (χ2n) is 7.34. The van der Waals surface area contributed by atoms with Crippen molar-refractivity contribution in [2.24, 2.45) is 7.05 Å². The van der Waals surface area contributed by atoms with E-state index in [0.29, 0.717) is 12.3 Å². The first-order chi connectivity index (χ1) is 14.0. The number of para-hydroxylation sites is 1. The molecular formula is C23H24N4O2. The topological polar surface area (TPSA) is 63.3 Å². The summed E-state index contributed by atoms with van der Waals surface area (Å²) in [5.41, 5.74) is 3.52. The lowest BCUT2D eigenvalue weighted by molar-refractivity contribution is 0.0933. The summed E-state index contributed by atoms with van der Waals surface area (Å²) < 4.78 is 7.46. The standard InChI is InChI=1S/C23H24N4O2/c1-26(2)21(18-15-27(3)20-12-8-7-11-17(18)20)14-24-23(28)19-13-22(29-25-19)16-9-5-4-6-10-16/h4-13,15,21H,14H2,1-3H3,(H,24,28). The Labute approximate surface area is 169 Å². The number of carbonyl (C=O) groups is 1. The molecule has 0 fully saturated rings. The van der Waals surface area contributed by atoms with Gasteiger partial charge in [-0.2, -0.15) is 0 Å². The molecule has 1 amide bonds. The average Bonchev–Trinajstić information content (AvgIpc) is 3.35. The van der Waals surface area contributed by atoms with Gasteiger partial charge in [0.25, 0.3) is 5.91 Å². The van der Waals surface area contributed by atoms with E-state index in [4.69, 9.17) is 4.52 Å². The maximum atomic E-state index is 12.7. The van der Waals surface area contributed by atoms with Gasteiger partial charge in [-0.3, -0.25) is 4.79 Å². The second kappa shape index (κ2) is 7.93. The van der Waals surface area contributed by atoms with Crippen LogP contribution in [0.5, 0.6) is 0 Å². The number of nitrogens with one attached hydrogen (secondary N) is 1. The Balaban J connectivity index is 1.52. The Kier molecular flexibility index (Phi) is 5.18. The molecule has 148 valence electrons. The van der Waals surface area contributed by atoms with Gasteiger partial charge in [0.05, 0.1) is 6.04 Å². The highest BCUT2D eigenvalue weighted by Crippen LogP contribution is 2.28. The second-order valence-corrected chi connectivity index (χ2v) is 7.34. The first kappa shape index (κ1) is 19.0. The fraction of sp³-hybridized carbons (Fsp3) is 0.217. The maximum Gasteiger partial charge on any atom is 0.273 e. The predicted molar refractivity (Wildman–Crippen MR) is 114 cm³/mol. The SMILES string of the molecule is CN(C)C(CNC(=O)c1cc(-c2ccccc2)on1)c1cn(C)c2ccccc12. The molecule has 0 aliphatic heterocycles. The fourth-order valence-corrected chi connectivity index (χ4v) is 3.61. The molecule has 6 heteroatoms. The highest BCUT2D eigenvalue weighted by atomic mass is 16.5. The van der Waals surface area contributed by atoms with Gasteiger partial charge in [-0.05, 0) is 25.7 Å². The van der Waals surface area contributed by atoms with Crippen LogP contribution >= 0.6 is 0 Å². The highest BCUT2D eigenvalue weighted by Gasteiger charge is 2.21. The molecular weight excluding hydrogens is 364 g/mol. The molecule has 4 aromatic rings. The molecule has 0 aliphatic carbocycles. The van der Waals surface area contributed by atoms with Crippen molar-refractivity contribution < 1.29 is 9.32 Å². The Bertz CT molecular complexity index is 1130. The Hall–Kier alpha value is -3.38. The third kappa shape index (κ3) is 3.79. The van der Waals surface area contributed by atoms with Crippen molar-refractivity contribution in [2.45, 2.75) is 6.04 Å². The number of aromatic nitrogens is 2. The average molecular weight is 388 g/mol. The summed E-state index contributed by atoms with van der Waals surface area (Å²) in [5, 5.41) is 8.13. The summed E-state index contributed by atoms with van der Waals surface area (Å²) in [7, 11) is 6.07. The Morgan fingerprint density at radius 3 is 2.62 bits per heavy atom. The maximum absolute atomic E-state index is 12.7. The van der Waals surface area contributed by atoms with E-state index in [1.54, 1.807) is 6.07 Å². The third-order valence-corrected chi connectivity index (χ3v) is 5.17. The minimum Gasteiger partial charge on any atom is -0.355 e. The lowest BCUT2D eigenvalue weighted by Crippen LogP contribution is -2.34. The molecule has 2 aromatic carbocycles. The first-order valence-corrected chi connectivity index (χ1v) is 9.55. The van der Waals surface area contributed by atoms with Crippen LogP contribution in [0.25, 0.3) is 22.2 Å². The molecule has 1 atom stereocenters. The molecule has 0 radical (unpaired) electrons. The lowest BCUT2D eigenvalue weighted by atomic mass is 10.0. The van der Waals surface area contributed by atoms with E-state index in [1.165, 1.54) is 16.5 Å². The zero-order valence-corrected chi connectivity index (χ0v) is 16.8. The van der Waals surface area contributed by atoms with Gasteiger partial charge in [0.1, 0.15) is 0 Å². The number of aryl methyl sites for hydroxylation is 1. The van der Waals surface area contributed by atoms with Gasteiger partial charge in [0, 0.05) is 42.3 Å². The first-order valence-electron chi connectivity index (χ1n) is 9.55. The molecule has 2 heterocycles. The monoisotopic (exact) mass is 388 g/mol. The van der Waals surface area contributed by atoms with Gasteiger partial charge in [-0.1, -0.05) is 53.7 Å². The molecule has 0 aliphatic rings. The number of carbonyl (C=O) groups excluding carboxylic acids is 1. The molecule has 4 rings (SSSR count). The normalized spacial score (nSPS) is 12.4.